The van der Waals surface area contributed by atoms with E-state index in [0.29, 0.717) is 5.56 Å². The Labute approximate surface area is 100.0 Å². The molecule has 0 heterocycles. The van der Waals surface area contributed by atoms with E-state index in [0.717, 1.165) is 5.57 Å². The Morgan fingerprint density at radius 1 is 1.24 bits per heavy atom. The van der Waals surface area contributed by atoms with Crippen LogP contribution in [0.15, 0.2) is 42.0 Å². The van der Waals surface area contributed by atoms with Gasteiger partial charge in [-0.1, -0.05) is 35.9 Å². The number of benzene rings is 1. The smallest absolute Gasteiger partial charge is 0.330 e. The molecule has 0 spiro atoms. The van der Waals surface area contributed by atoms with Crippen molar-refractivity contribution in [1.29, 1.82) is 0 Å². The number of hydrogen-bond donors (Lipinski definition) is 2. The monoisotopic (exact) mass is 233 g/mol. The predicted molar refractivity (Wildman–Crippen MR) is 64.4 cm³/mol. The minimum atomic E-state index is -1.08. The zero-order valence-corrected chi connectivity index (χ0v) is 9.81. The Bertz CT molecular complexity index is 433. The molecule has 1 aromatic carbocycles. The molecule has 0 aromatic heterocycles. The maximum absolute atomic E-state index is 11.5. The first-order valence-corrected chi connectivity index (χ1v) is 5.24. The second kappa shape index (κ2) is 5.84. The second-order valence-electron chi connectivity index (χ2n) is 3.91. The van der Waals surface area contributed by atoms with Gasteiger partial charge in [-0.25, -0.2) is 4.79 Å². The van der Waals surface area contributed by atoms with Crippen molar-refractivity contribution < 1.29 is 14.7 Å². The number of amides is 1. The molecule has 0 aliphatic carbocycles. The lowest BCUT2D eigenvalue weighted by molar-refractivity contribution is -0.141. The van der Waals surface area contributed by atoms with Crippen molar-refractivity contribution in [2.75, 3.05) is 0 Å². The number of carboxylic acids is 1. The molecule has 4 heteroatoms. The predicted octanol–water partition coefficient (Wildman–Crippen LogP) is 1.89. The van der Waals surface area contributed by atoms with Gasteiger partial charge in [0.05, 0.1) is 0 Å². The lowest BCUT2D eigenvalue weighted by Gasteiger charge is -2.13. The zero-order chi connectivity index (χ0) is 12.8. The summed E-state index contributed by atoms with van der Waals surface area (Å²) in [5.41, 5.74) is 1.37. The Hall–Kier alpha value is -2.10. The summed E-state index contributed by atoms with van der Waals surface area (Å²) >= 11 is 0. The molecule has 0 aliphatic heterocycles. The van der Waals surface area contributed by atoms with Crippen LogP contribution < -0.4 is 5.32 Å². The third-order valence-corrected chi connectivity index (χ3v) is 2.09. The van der Waals surface area contributed by atoms with Crippen LogP contribution in [0.25, 0.3) is 0 Å². The van der Waals surface area contributed by atoms with E-state index in [2.05, 4.69) is 5.32 Å². The summed E-state index contributed by atoms with van der Waals surface area (Å²) in [4.78, 5) is 22.6. The second-order valence-corrected chi connectivity index (χ2v) is 3.91. The number of allylic oxidation sites excluding steroid dienone is 1. The molecule has 4 nitrogen and oxygen atoms in total. The average molecular weight is 233 g/mol. The molecule has 0 saturated carbocycles. The van der Waals surface area contributed by atoms with Gasteiger partial charge in [0.1, 0.15) is 0 Å². The normalized spacial score (nSPS) is 11.4. The molecule has 17 heavy (non-hydrogen) atoms. The van der Waals surface area contributed by atoms with Crippen LogP contribution in [0, 0.1) is 0 Å². The summed E-state index contributed by atoms with van der Waals surface area (Å²) in [7, 11) is 0. The number of hydrogen-bond acceptors (Lipinski definition) is 2. The van der Waals surface area contributed by atoms with Gasteiger partial charge in [0.2, 0.25) is 5.91 Å². The van der Waals surface area contributed by atoms with Gasteiger partial charge in [-0.15, -0.1) is 0 Å². The summed E-state index contributed by atoms with van der Waals surface area (Å²) in [5, 5.41) is 11.5. The summed E-state index contributed by atoms with van der Waals surface area (Å²) in [6.07, 6.45) is 1.37. The Morgan fingerprint density at radius 3 is 2.29 bits per heavy atom. The SMILES string of the molecule is CC(C)=CC(=O)N[C@H](C(=O)O)c1ccccc1. The van der Waals surface area contributed by atoms with Crippen LogP contribution in [-0.4, -0.2) is 17.0 Å². The van der Waals surface area contributed by atoms with Crippen LogP contribution >= 0.6 is 0 Å². The number of nitrogens with one attached hydrogen (secondary N) is 1. The Kier molecular flexibility index (Phi) is 4.46. The number of aliphatic carboxylic acids is 1. The van der Waals surface area contributed by atoms with Crippen LogP contribution in [0.3, 0.4) is 0 Å². The first-order chi connectivity index (χ1) is 8.00. The fourth-order valence-corrected chi connectivity index (χ4v) is 1.38. The largest absolute Gasteiger partial charge is 0.479 e. The summed E-state index contributed by atoms with van der Waals surface area (Å²) in [6, 6.07) is 7.58. The van der Waals surface area contributed by atoms with Gasteiger partial charge >= 0.3 is 5.97 Å². The third kappa shape index (κ3) is 4.10. The molecule has 1 aromatic rings. The van der Waals surface area contributed by atoms with E-state index in [-0.39, 0.29) is 0 Å². The number of carbonyl (C=O) groups is 2. The van der Waals surface area contributed by atoms with Crippen molar-refractivity contribution in [3.8, 4) is 0 Å². The molecule has 0 bridgehead atoms. The molecule has 2 N–H and O–H groups in total. The van der Waals surface area contributed by atoms with Gasteiger partial charge in [0, 0.05) is 6.08 Å². The summed E-state index contributed by atoms with van der Waals surface area (Å²) in [6.45, 7) is 3.55. The third-order valence-electron chi connectivity index (χ3n) is 2.09. The lowest BCUT2D eigenvalue weighted by atomic mass is 10.1. The summed E-state index contributed by atoms with van der Waals surface area (Å²) in [5.74, 6) is -1.48. The molecule has 90 valence electrons. The van der Waals surface area contributed by atoms with E-state index in [1.807, 2.05) is 0 Å². The van der Waals surface area contributed by atoms with Crippen molar-refractivity contribution in [2.24, 2.45) is 0 Å². The van der Waals surface area contributed by atoms with Crippen molar-refractivity contribution in [3.63, 3.8) is 0 Å². The number of carboxylic acid groups (broad SMARTS) is 1. The highest BCUT2D eigenvalue weighted by Gasteiger charge is 2.20. The maximum atomic E-state index is 11.5. The fraction of sp³-hybridized carbons (Fsp3) is 0.231. The highest BCUT2D eigenvalue weighted by Crippen LogP contribution is 2.12. The van der Waals surface area contributed by atoms with Crippen molar-refractivity contribution >= 4 is 11.9 Å². The zero-order valence-electron chi connectivity index (χ0n) is 9.81. The van der Waals surface area contributed by atoms with Crippen molar-refractivity contribution in [2.45, 2.75) is 19.9 Å². The molecule has 1 atom stereocenters. The Morgan fingerprint density at radius 2 is 1.82 bits per heavy atom. The molecule has 0 saturated heterocycles. The van der Waals surface area contributed by atoms with E-state index in [9.17, 15) is 9.59 Å². The van der Waals surface area contributed by atoms with Crippen LogP contribution in [-0.2, 0) is 9.59 Å². The van der Waals surface area contributed by atoms with Crippen LogP contribution in [0.4, 0.5) is 0 Å². The molecule has 1 rings (SSSR count). The standard InChI is InChI=1S/C13H15NO3/c1-9(2)8-11(15)14-12(13(16)17)10-6-4-3-5-7-10/h3-8,12H,1-2H3,(H,14,15)(H,16,17)/t12-/m0/s1. The minimum absolute atomic E-state index is 0.402. The van der Waals surface area contributed by atoms with Gasteiger partial charge in [-0.3, -0.25) is 4.79 Å². The topological polar surface area (TPSA) is 66.4 Å². The van der Waals surface area contributed by atoms with Crippen LogP contribution in [0.5, 0.6) is 0 Å². The van der Waals surface area contributed by atoms with E-state index in [1.54, 1.807) is 44.2 Å². The van der Waals surface area contributed by atoms with Gasteiger partial charge in [-0.2, -0.15) is 0 Å². The van der Waals surface area contributed by atoms with Crippen LogP contribution in [0.1, 0.15) is 25.5 Å². The quantitative estimate of drug-likeness (QED) is 0.780. The molecule has 0 unspecified atom stereocenters. The molecular formula is C13H15NO3. The molecule has 0 radical (unpaired) electrons. The van der Waals surface area contributed by atoms with Crippen LogP contribution in [0.2, 0.25) is 0 Å². The van der Waals surface area contributed by atoms with E-state index < -0.39 is 17.9 Å². The fourth-order valence-electron chi connectivity index (χ4n) is 1.38. The summed E-state index contributed by atoms with van der Waals surface area (Å²) < 4.78 is 0. The number of rotatable bonds is 4. The van der Waals surface area contributed by atoms with Gasteiger partial charge in [-0.05, 0) is 19.4 Å². The average Bonchev–Trinajstić information content (AvgIpc) is 2.25. The van der Waals surface area contributed by atoms with E-state index in [1.165, 1.54) is 6.08 Å². The highest BCUT2D eigenvalue weighted by molar-refractivity contribution is 5.91. The minimum Gasteiger partial charge on any atom is -0.479 e. The Balaban J connectivity index is 2.86. The number of carbonyl (C=O) groups excluding carboxylic acids is 1. The molecule has 0 aliphatic rings. The van der Waals surface area contributed by atoms with Crippen molar-refractivity contribution in [1.82, 2.24) is 5.32 Å². The van der Waals surface area contributed by atoms with E-state index in [4.69, 9.17) is 5.11 Å². The lowest BCUT2D eigenvalue weighted by Crippen LogP contribution is -2.32. The van der Waals surface area contributed by atoms with Gasteiger partial charge in [0.25, 0.3) is 0 Å². The van der Waals surface area contributed by atoms with Gasteiger partial charge in [0.15, 0.2) is 6.04 Å². The first kappa shape index (κ1) is 13.0. The van der Waals surface area contributed by atoms with E-state index >= 15 is 0 Å². The first-order valence-electron chi connectivity index (χ1n) is 5.24. The highest BCUT2D eigenvalue weighted by atomic mass is 16.4. The molecule has 1 amide bonds. The van der Waals surface area contributed by atoms with Crippen molar-refractivity contribution in [3.05, 3.63) is 47.5 Å². The van der Waals surface area contributed by atoms with Gasteiger partial charge < -0.3 is 10.4 Å². The molecular weight excluding hydrogens is 218 g/mol. The maximum Gasteiger partial charge on any atom is 0.330 e. The molecule has 0 fully saturated rings.